The Morgan fingerprint density at radius 2 is 2.08 bits per heavy atom. The van der Waals surface area contributed by atoms with Crippen LogP contribution in [0.4, 0.5) is 0 Å². The molecular weight excluding hydrogens is 298 g/mol. The maximum Gasteiger partial charge on any atom is 0.123 e. The molecule has 1 aromatic heterocycles. The Bertz CT molecular complexity index is 672. The summed E-state index contributed by atoms with van der Waals surface area (Å²) in [6.45, 7) is 2.00. The molecule has 0 amide bonds. The van der Waals surface area contributed by atoms with Gasteiger partial charge >= 0.3 is 0 Å². The largest absolute Gasteiger partial charge is 0.496 e. The maximum atomic E-state index is 5.54. The summed E-state index contributed by atoms with van der Waals surface area (Å²) in [4.78, 5) is 6.89. The van der Waals surface area contributed by atoms with Gasteiger partial charge in [0.15, 0.2) is 0 Å². The van der Waals surface area contributed by atoms with E-state index in [1.54, 1.807) is 7.11 Å². The zero-order chi connectivity index (χ0) is 16.4. The second-order valence-electron chi connectivity index (χ2n) is 6.86. The third-order valence-electron chi connectivity index (χ3n) is 5.20. The third-order valence-corrected chi connectivity index (χ3v) is 5.20. The molecule has 2 heterocycles. The fraction of sp³-hybridized carbons (Fsp3) is 0.450. The van der Waals surface area contributed by atoms with Gasteiger partial charge in [-0.05, 0) is 37.0 Å². The minimum atomic E-state index is 0.453. The van der Waals surface area contributed by atoms with Gasteiger partial charge in [0.1, 0.15) is 5.75 Å². The highest BCUT2D eigenvalue weighted by Gasteiger charge is 2.40. The number of likely N-dealkylation sites (tertiary alicyclic amines) is 1. The molecule has 2 aromatic rings. The van der Waals surface area contributed by atoms with Crippen molar-refractivity contribution in [2.75, 3.05) is 13.7 Å². The smallest absolute Gasteiger partial charge is 0.123 e. The normalized spacial score (nSPS) is 23.7. The van der Waals surface area contributed by atoms with Crippen LogP contribution in [0.2, 0.25) is 0 Å². The molecular formula is C20H25N3O. The number of rotatable bonds is 7. The van der Waals surface area contributed by atoms with Crippen LogP contribution in [0.15, 0.2) is 48.8 Å². The van der Waals surface area contributed by atoms with E-state index in [1.165, 1.54) is 30.4 Å². The molecule has 2 unspecified atom stereocenters. The molecule has 0 spiro atoms. The van der Waals surface area contributed by atoms with Crippen LogP contribution < -0.4 is 10.1 Å². The number of aromatic nitrogens is 1. The highest BCUT2D eigenvalue weighted by molar-refractivity contribution is 5.34. The fourth-order valence-electron chi connectivity index (χ4n) is 3.61. The maximum absolute atomic E-state index is 5.54. The number of methoxy groups -OCH3 is 1. The highest BCUT2D eigenvalue weighted by atomic mass is 16.5. The quantitative estimate of drug-likeness (QED) is 0.849. The third kappa shape index (κ3) is 3.30. The number of benzene rings is 1. The van der Waals surface area contributed by atoms with Crippen molar-refractivity contribution in [1.82, 2.24) is 15.2 Å². The Morgan fingerprint density at radius 1 is 1.21 bits per heavy atom. The van der Waals surface area contributed by atoms with Gasteiger partial charge in [0.25, 0.3) is 0 Å². The van der Waals surface area contributed by atoms with Gasteiger partial charge in [-0.3, -0.25) is 9.88 Å². The van der Waals surface area contributed by atoms with Crippen LogP contribution in [-0.4, -0.2) is 35.6 Å². The van der Waals surface area contributed by atoms with Crippen molar-refractivity contribution in [3.63, 3.8) is 0 Å². The molecule has 0 bridgehead atoms. The fourth-order valence-corrected chi connectivity index (χ4v) is 3.61. The molecule has 0 radical (unpaired) electrons. The Hall–Kier alpha value is -1.91. The number of ether oxygens (including phenoxy) is 1. The van der Waals surface area contributed by atoms with Crippen LogP contribution in [0.1, 0.15) is 36.4 Å². The highest BCUT2D eigenvalue weighted by Crippen LogP contribution is 2.40. The van der Waals surface area contributed by atoms with E-state index in [9.17, 15) is 0 Å². The molecule has 4 rings (SSSR count). The number of para-hydroxylation sites is 1. The monoisotopic (exact) mass is 323 g/mol. The van der Waals surface area contributed by atoms with Crippen LogP contribution in [-0.2, 0) is 6.54 Å². The molecule has 2 fully saturated rings. The molecule has 2 atom stereocenters. The predicted octanol–water partition coefficient (Wildman–Crippen LogP) is 3.16. The molecule has 126 valence electrons. The van der Waals surface area contributed by atoms with Crippen LogP contribution in [0.3, 0.4) is 0 Å². The van der Waals surface area contributed by atoms with Crippen molar-refractivity contribution in [3.8, 4) is 5.75 Å². The Labute approximate surface area is 143 Å². The number of hydrogen-bond donors (Lipinski definition) is 1. The lowest BCUT2D eigenvalue weighted by Crippen LogP contribution is -2.54. The second kappa shape index (κ2) is 6.91. The van der Waals surface area contributed by atoms with Gasteiger partial charge < -0.3 is 10.1 Å². The van der Waals surface area contributed by atoms with E-state index in [0.717, 1.165) is 24.9 Å². The summed E-state index contributed by atoms with van der Waals surface area (Å²) in [7, 11) is 1.75. The Kier molecular flexibility index (Phi) is 4.50. The summed E-state index contributed by atoms with van der Waals surface area (Å²) in [5.41, 5.74) is 2.57. The summed E-state index contributed by atoms with van der Waals surface area (Å²) < 4.78 is 5.54. The van der Waals surface area contributed by atoms with E-state index < -0.39 is 0 Å². The first-order chi connectivity index (χ1) is 11.8. The lowest BCUT2D eigenvalue weighted by molar-refractivity contribution is 0.00482. The average Bonchev–Trinajstić information content (AvgIpc) is 3.44. The van der Waals surface area contributed by atoms with E-state index >= 15 is 0 Å². The molecule has 1 aliphatic heterocycles. The van der Waals surface area contributed by atoms with Crippen LogP contribution in [0.5, 0.6) is 5.75 Å². The SMILES string of the molecule is COc1ccccc1CN1C(CNC2CC2)CC1c1cccnc1. The molecule has 1 aliphatic carbocycles. The lowest BCUT2D eigenvalue weighted by atomic mass is 9.87. The number of pyridine rings is 1. The summed E-state index contributed by atoms with van der Waals surface area (Å²) in [5, 5.41) is 3.69. The zero-order valence-corrected chi connectivity index (χ0v) is 14.2. The van der Waals surface area contributed by atoms with Crippen molar-refractivity contribution in [3.05, 3.63) is 59.9 Å². The van der Waals surface area contributed by atoms with Crippen molar-refractivity contribution in [2.45, 2.75) is 43.9 Å². The molecule has 1 aromatic carbocycles. The Balaban J connectivity index is 1.51. The summed E-state index contributed by atoms with van der Waals surface area (Å²) in [6.07, 6.45) is 7.72. The first-order valence-corrected chi connectivity index (χ1v) is 8.86. The van der Waals surface area contributed by atoms with Gasteiger partial charge in [-0.15, -0.1) is 0 Å². The minimum absolute atomic E-state index is 0.453. The standard InChI is InChI=1S/C20H25N3O/c1-24-20-7-3-2-5-16(20)14-23-18(13-22-17-8-9-17)11-19(23)15-6-4-10-21-12-15/h2-7,10,12,17-19,22H,8-9,11,13-14H2,1H3. The number of nitrogens with one attached hydrogen (secondary N) is 1. The van der Waals surface area contributed by atoms with Crippen molar-refractivity contribution in [2.24, 2.45) is 0 Å². The number of hydrogen-bond acceptors (Lipinski definition) is 4. The first kappa shape index (κ1) is 15.6. The van der Waals surface area contributed by atoms with Gasteiger partial charge in [0.05, 0.1) is 7.11 Å². The van der Waals surface area contributed by atoms with E-state index in [2.05, 4.69) is 33.4 Å². The lowest BCUT2D eigenvalue weighted by Gasteiger charge is -2.49. The molecule has 1 saturated carbocycles. The first-order valence-electron chi connectivity index (χ1n) is 8.86. The molecule has 4 heteroatoms. The van der Waals surface area contributed by atoms with Gasteiger partial charge in [0.2, 0.25) is 0 Å². The van der Waals surface area contributed by atoms with E-state index in [1.807, 2.05) is 30.6 Å². The predicted molar refractivity (Wildman–Crippen MR) is 94.9 cm³/mol. The van der Waals surface area contributed by atoms with E-state index in [-0.39, 0.29) is 0 Å². The second-order valence-corrected chi connectivity index (χ2v) is 6.86. The average molecular weight is 323 g/mol. The molecule has 1 N–H and O–H groups in total. The zero-order valence-electron chi connectivity index (χ0n) is 14.2. The minimum Gasteiger partial charge on any atom is -0.496 e. The van der Waals surface area contributed by atoms with Gasteiger partial charge in [-0.1, -0.05) is 24.3 Å². The van der Waals surface area contributed by atoms with Crippen molar-refractivity contribution in [1.29, 1.82) is 0 Å². The van der Waals surface area contributed by atoms with E-state index in [0.29, 0.717) is 12.1 Å². The molecule has 2 aliphatic rings. The summed E-state index contributed by atoms with van der Waals surface area (Å²) in [6, 6.07) is 14.4. The molecule has 1 saturated heterocycles. The Morgan fingerprint density at radius 3 is 2.83 bits per heavy atom. The van der Waals surface area contributed by atoms with Crippen LogP contribution >= 0.6 is 0 Å². The van der Waals surface area contributed by atoms with Gasteiger partial charge in [0, 0.05) is 49.2 Å². The van der Waals surface area contributed by atoms with E-state index in [4.69, 9.17) is 4.74 Å². The van der Waals surface area contributed by atoms with Gasteiger partial charge in [-0.2, -0.15) is 0 Å². The summed E-state index contributed by atoms with van der Waals surface area (Å²) in [5.74, 6) is 0.975. The van der Waals surface area contributed by atoms with Crippen molar-refractivity contribution < 1.29 is 4.74 Å². The van der Waals surface area contributed by atoms with Crippen molar-refractivity contribution >= 4 is 0 Å². The van der Waals surface area contributed by atoms with Crippen LogP contribution in [0, 0.1) is 0 Å². The van der Waals surface area contributed by atoms with Gasteiger partial charge in [-0.25, -0.2) is 0 Å². The molecule has 24 heavy (non-hydrogen) atoms. The topological polar surface area (TPSA) is 37.4 Å². The van der Waals surface area contributed by atoms with Crippen LogP contribution in [0.25, 0.3) is 0 Å². The molecule has 4 nitrogen and oxygen atoms in total. The summed E-state index contributed by atoms with van der Waals surface area (Å²) >= 11 is 0. The number of nitrogens with zero attached hydrogens (tertiary/aromatic N) is 2.